The van der Waals surface area contributed by atoms with Gasteiger partial charge in [-0.2, -0.15) is 0 Å². The van der Waals surface area contributed by atoms with Crippen LogP contribution >= 0.6 is 15.9 Å². The third-order valence-electron chi connectivity index (χ3n) is 1.80. The second-order valence-corrected chi connectivity index (χ2v) is 4.46. The minimum atomic E-state index is 0.0565. The van der Waals surface area contributed by atoms with Crippen LogP contribution in [0.25, 0.3) is 0 Å². The Kier molecular flexibility index (Phi) is 4.73. The molecule has 4 nitrogen and oxygen atoms in total. The van der Waals surface area contributed by atoms with Crippen LogP contribution in [-0.2, 0) is 4.84 Å². The molecule has 0 aliphatic heterocycles. The second kappa shape index (κ2) is 5.84. The maximum Gasteiger partial charge on any atom is 0.222 e. The van der Waals surface area contributed by atoms with Gasteiger partial charge in [-0.3, -0.25) is 0 Å². The van der Waals surface area contributed by atoms with E-state index in [1.807, 2.05) is 26.8 Å². The fourth-order valence-electron chi connectivity index (χ4n) is 1.08. The average molecular weight is 287 g/mol. The maximum absolute atomic E-state index is 5.19. The van der Waals surface area contributed by atoms with Gasteiger partial charge in [0.2, 0.25) is 5.88 Å². The fraction of sp³-hybridized carbons (Fsp3) is 0.455. The second-order valence-electron chi connectivity index (χ2n) is 3.54. The quantitative estimate of drug-likeness (QED) is 0.631. The van der Waals surface area contributed by atoms with Gasteiger partial charge in [-0.1, -0.05) is 5.16 Å². The zero-order valence-corrected chi connectivity index (χ0v) is 11.4. The molecule has 0 radical (unpaired) electrons. The monoisotopic (exact) mass is 286 g/mol. The average Bonchev–Trinajstić information content (AvgIpc) is 2.25. The molecule has 0 aromatic carbocycles. The van der Waals surface area contributed by atoms with Gasteiger partial charge in [-0.05, 0) is 42.8 Å². The molecule has 0 saturated carbocycles. The number of nitrogens with zero attached hydrogens (tertiary/aromatic N) is 2. The third kappa shape index (κ3) is 3.48. The molecule has 0 aliphatic rings. The van der Waals surface area contributed by atoms with Crippen molar-refractivity contribution >= 4 is 21.6 Å². The number of rotatable bonds is 4. The van der Waals surface area contributed by atoms with E-state index in [0.717, 1.165) is 15.7 Å². The lowest BCUT2D eigenvalue weighted by atomic mass is 10.2. The fourth-order valence-corrected chi connectivity index (χ4v) is 1.41. The molecule has 0 bridgehead atoms. The normalized spacial score (nSPS) is 11.8. The van der Waals surface area contributed by atoms with Crippen LogP contribution in [0.4, 0.5) is 0 Å². The summed E-state index contributed by atoms with van der Waals surface area (Å²) in [6.07, 6.45) is 1.74. The van der Waals surface area contributed by atoms with Crippen LogP contribution in [0.15, 0.2) is 21.9 Å². The first-order valence-electron chi connectivity index (χ1n) is 4.95. The Morgan fingerprint density at radius 1 is 1.50 bits per heavy atom. The van der Waals surface area contributed by atoms with Crippen LogP contribution in [0.2, 0.25) is 0 Å². The highest BCUT2D eigenvalue weighted by molar-refractivity contribution is 9.10. The molecule has 1 rings (SSSR count). The molecule has 0 N–H and O–H groups in total. The number of ether oxygens (including phenoxy) is 1. The standard InChI is InChI=1S/C11H15BrN2O2/c1-7(2)16-14-8(3)10-5-9(12)6-13-11(10)15-4/h5-7H,1-4H3/b14-8+. The molecule has 1 heterocycles. The lowest BCUT2D eigenvalue weighted by Gasteiger charge is -2.08. The van der Waals surface area contributed by atoms with Gasteiger partial charge in [0.15, 0.2) is 0 Å². The summed E-state index contributed by atoms with van der Waals surface area (Å²) in [5.74, 6) is 0.539. The predicted octanol–water partition coefficient (Wildman–Crippen LogP) is 3.00. The largest absolute Gasteiger partial charge is 0.481 e. The molecular weight excluding hydrogens is 272 g/mol. The minimum absolute atomic E-state index is 0.0565. The summed E-state index contributed by atoms with van der Waals surface area (Å²) >= 11 is 3.36. The van der Waals surface area contributed by atoms with E-state index in [4.69, 9.17) is 9.57 Å². The number of hydrogen-bond donors (Lipinski definition) is 0. The van der Waals surface area contributed by atoms with Crippen LogP contribution in [0.5, 0.6) is 5.88 Å². The topological polar surface area (TPSA) is 43.7 Å². The lowest BCUT2D eigenvalue weighted by molar-refractivity contribution is 0.0859. The Hall–Kier alpha value is -1.10. The molecule has 16 heavy (non-hydrogen) atoms. The van der Waals surface area contributed by atoms with Crippen molar-refractivity contribution in [2.75, 3.05) is 7.11 Å². The predicted molar refractivity (Wildman–Crippen MR) is 66.9 cm³/mol. The van der Waals surface area contributed by atoms with Crippen LogP contribution in [-0.4, -0.2) is 23.9 Å². The molecule has 0 amide bonds. The molecule has 88 valence electrons. The molecular formula is C11H15BrN2O2. The summed E-state index contributed by atoms with van der Waals surface area (Å²) < 4.78 is 6.04. The van der Waals surface area contributed by atoms with Gasteiger partial charge in [-0.25, -0.2) is 4.98 Å². The molecule has 0 spiro atoms. The van der Waals surface area contributed by atoms with Gasteiger partial charge in [0.1, 0.15) is 6.10 Å². The molecule has 5 heteroatoms. The number of halogens is 1. The van der Waals surface area contributed by atoms with E-state index in [1.165, 1.54) is 0 Å². The highest BCUT2D eigenvalue weighted by Crippen LogP contribution is 2.20. The van der Waals surface area contributed by atoms with Crippen LogP contribution in [0, 0.1) is 0 Å². The van der Waals surface area contributed by atoms with Gasteiger partial charge in [0.25, 0.3) is 0 Å². The Bertz CT molecular complexity index is 392. The molecule has 0 unspecified atom stereocenters. The first kappa shape index (κ1) is 13.0. The van der Waals surface area contributed by atoms with Crippen LogP contribution < -0.4 is 4.74 Å². The Morgan fingerprint density at radius 2 is 2.19 bits per heavy atom. The van der Waals surface area contributed by atoms with Crippen molar-refractivity contribution in [3.8, 4) is 5.88 Å². The molecule has 1 aromatic heterocycles. The highest BCUT2D eigenvalue weighted by Gasteiger charge is 2.09. The third-order valence-corrected chi connectivity index (χ3v) is 2.24. The van der Waals surface area contributed by atoms with Gasteiger partial charge >= 0.3 is 0 Å². The van der Waals surface area contributed by atoms with Crippen molar-refractivity contribution in [1.82, 2.24) is 4.98 Å². The van der Waals surface area contributed by atoms with E-state index >= 15 is 0 Å². The van der Waals surface area contributed by atoms with Gasteiger partial charge < -0.3 is 9.57 Å². The molecule has 0 atom stereocenters. The van der Waals surface area contributed by atoms with Gasteiger partial charge in [0, 0.05) is 10.7 Å². The van der Waals surface area contributed by atoms with Gasteiger partial charge in [0.05, 0.1) is 18.4 Å². The minimum Gasteiger partial charge on any atom is -0.481 e. The first-order chi connectivity index (χ1) is 7.54. The zero-order chi connectivity index (χ0) is 12.1. The summed E-state index contributed by atoms with van der Waals surface area (Å²) in [5.41, 5.74) is 1.55. The Morgan fingerprint density at radius 3 is 2.75 bits per heavy atom. The highest BCUT2D eigenvalue weighted by atomic mass is 79.9. The number of methoxy groups -OCH3 is 1. The summed E-state index contributed by atoms with van der Waals surface area (Å²) in [6, 6.07) is 1.90. The van der Waals surface area contributed by atoms with E-state index in [2.05, 4.69) is 26.1 Å². The van der Waals surface area contributed by atoms with Crippen LogP contribution in [0.1, 0.15) is 26.3 Å². The molecule has 0 aliphatic carbocycles. The molecule has 1 aromatic rings. The number of hydrogen-bond acceptors (Lipinski definition) is 4. The van der Waals surface area contributed by atoms with Gasteiger partial charge in [-0.15, -0.1) is 0 Å². The Labute approximate surface area is 104 Å². The lowest BCUT2D eigenvalue weighted by Crippen LogP contribution is -2.04. The smallest absolute Gasteiger partial charge is 0.222 e. The van der Waals surface area contributed by atoms with Crippen molar-refractivity contribution in [3.63, 3.8) is 0 Å². The van der Waals surface area contributed by atoms with Crippen LogP contribution in [0.3, 0.4) is 0 Å². The first-order valence-corrected chi connectivity index (χ1v) is 5.74. The summed E-state index contributed by atoms with van der Waals surface area (Å²) in [5, 5.41) is 4.02. The van der Waals surface area contributed by atoms with Crippen molar-refractivity contribution in [2.24, 2.45) is 5.16 Å². The SMILES string of the molecule is COc1ncc(Br)cc1/C(C)=N/OC(C)C. The molecule has 0 fully saturated rings. The zero-order valence-electron chi connectivity index (χ0n) is 9.82. The molecule has 0 saturated heterocycles. The summed E-state index contributed by atoms with van der Waals surface area (Å²) in [7, 11) is 1.58. The van der Waals surface area contributed by atoms with E-state index in [9.17, 15) is 0 Å². The van der Waals surface area contributed by atoms with E-state index in [1.54, 1.807) is 13.3 Å². The van der Waals surface area contributed by atoms with Crippen molar-refractivity contribution in [2.45, 2.75) is 26.9 Å². The van der Waals surface area contributed by atoms with E-state index in [-0.39, 0.29) is 6.10 Å². The number of oxime groups is 1. The summed E-state index contributed by atoms with van der Waals surface area (Å²) in [4.78, 5) is 9.33. The van der Waals surface area contributed by atoms with E-state index < -0.39 is 0 Å². The van der Waals surface area contributed by atoms with Crippen molar-refractivity contribution < 1.29 is 9.57 Å². The number of aromatic nitrogens is 1. The van der Waals surface area contributed by atoms with Crippen molar-refractivity contribution in [3.05, 3.63) is 22.3 Å². The number of pyridine rings is 1. The Balaban J connectivity index is 3.01. The van der Waals surface area contributed by atoms with E-state index in [0.29, 0.717) is 5.88 Å². The maximum atomic E-state index is 5.19. The summed E-state index contributed by atoms with van der Waals surface area (Å²) in [6.45, 7) is 5.70. The van der Waals surface area contributed by atoms with Crippen molar-refractivity contribution in [1.29, 1.82) is 0 Å².